The molecule has 0 aromatic heterocycles. The zero-order chi connectivity index (χ0) is 8.69. The van der Waals surface area contributed by atoms with Gasteiger partial charge in [0, 0.05) is 4.48 Å². The average Bonchev–Trinajstić information content (AvgIpc) is 1.97. The van der Waals surface area contributed by atoms with Crippen molar-refractivity contribution in [2.24, 2.45) is 0 Å². The Balaban J connectivity index is 4.11. The van der Waals surface area contributed by atoms with E-state index in [9.17, 15) is 4.79 Å². The van der Waals surface area contributed by atoms with E-state index in [1.807, 2.05) is 0 Å². The molecule has 1 N–H and O–H groups in total. The highest BCUT2D eigenvalue weighted by molar-refractivity contribution is 14.1. The van der Waals surface area contributed by atoms with E-state index in [0.29, 0.717) is 6.29 Å². The van der Waals surface area contributed by atoms with Gasteiger partial charge in [-0.3, -0.25) is 4.79 Å². The van der Waals surface area contributed by atoms with Gasteiger partial charge in [0.15, 0.2) is 3.77 Å². The van der Waals surface area contributed by atoms with Crippen molar-refractivity contribution in [2.45, 2.75) is 0 Å². The van der Waals surface area contributed by atoms with Crippen molar-refractivity contribution in [3.8, 4) is 0 Å². The van der Waals surface area contributed by atoms with Crippen molar-refractivity contribution in [3.05, 3.63) is 32.6 Å². The minimum atomic E-state index is 0.194. The Hall–Kier alpha value is -0.100. The minimum Gasteiger partial charge on any atom is -0.502 e. The van der Waals surface area contributed by atoms with Crippen LogP contribution in [0.1, 0.15) is 0 Å². The molecule has 0 saturated heterocycles. The van der Waals surface area contributed by atoms with Crippen molar-refractivity contribution in [2.75, 3.05) is 0 Å². The molecule has 0 aliphatic carbocycles. The predicted molar refractivity (Wildman–Crippen MR) is 56.9 cm³/mol. The van der Waals surface area contributed by atoms with E-state index >= 15 is 0 Å². The smallest absolute Gasteiger partial charge is 0.153 e. The number of rotatable bonds is 3. The summed E-state index contributed by atoms with van der Waals surface area (Å²) < 4.78 is 0.923. The van der Waals surface area contributed by atoms with Gasteiger partial charge >= 0.3 is 0 Å². The van der Waals surface area contributed by atoms with Crippen LogP contribution in [0.4, 0.5) is 0 Å². The van der Waals surface area contributed by atoms with Crippen LogP contribution in [-0.4, -0.2) is 11.4 Å². The van der Waals surface area contributed by atoms with Crippen molar-refractivity contribution in [3.63, 3.8) is 0 Å². The van der Waals surface area contributed by atoms with E-state index in [0.717, 1.165) is 4.48 Å². The maximum atomic E-state index is 9.85. The Morgan fingerprint density at radius 1 is 1.45 bits per heavy atom. The molecule has 0 amide bonds. The van der Waals surface area contributed by atoms with E-state index in [1.165, 1.54) is 12.2 Å². The molecule has 0 bridgehead atoms. The second-order valence-corrected chi connectivity index (χ2v) is 3.56. The fourth-order valence-electron chi connectivity index (χ4n) is 0.335. The summed E-state index contributed by atoms with van der Waals surface area (Å²) in [6.07, 6.45) is 6.78. The number of aldehydes is 1. The van der Waals surface area contributed by atoms with Gasteiger partial charge < -0.3 is 5.11 Å². The second kappa shape index (κ2) is 6.60. The molecule has 2 nitrogen and oxygen atoms in total. The van der Waals surface area contributed by atoms with E-state index < -0.39 is 0 Å². The Morgan fingerprint density at radius 3 is 2.55 bits per heavy atom. The summed E-state index contributed by atoms with van der Waals surface area (Å²) >= 11 is 4.93. The Morgan fingerprint density at radius 2 is 2.09 bits per heavy atom. The summed E-state index contributed by atoms with van der Waals surface area (Å²) in [5.74, 6) is 0. The van der Waals surface area contributed by atoms with E-state index in [4.69, 9.17) is 5.11 Å². The summed E-state index contributed by atoms with van der Waals surface area (Å²) in [6.45, 7) is 0. The number of hydrogen-bond acceptors (Lipinski definition) is 2. The molecule has 0 aliphatic rings. The molecule has 0 aromatic carbocycles. The van der Waals surface area contributed by atoms with Gasteiger partial charge in [-0.15, -0.1) is 0 Å². The quantitative estimate of drug-likeness (QED) is 0.284. The van der Waals surface area contributed by atoms with Gasteiger partial charge in [-0.05, 0) is 46.9 Å². The van der Waals surface area contributed by atoms with Crippen molar-refractivity contribution >= 4 is 44.8 Å². The maximum absolute atomic E-state index is 9.85. The van der Waals surface area contributed by atoms with Crippen LogP contribution in [0.2, 0.25) is 0 Å². The first kappa shape index (κ1) is 10.9. The Labute approximate surface area is 86.9 Å². The SMILES string of the molecule is O=C/C=C/C(Br)=C\C=C(\O)I. The monoisotopic (exact) mass is 328 g/mol. The van der Waals surface area contributed by atoms with Crippen LogP contribution in [0.5, 0.6) is 0 Å². The molecule has 0 fully saturated rings. The predicted octanol–water partition coefficient (Wildman–Crippen LogP) is 2.85. The van der Waals surface area contributed by atoms with Crippen LogP contribution in [-0.2, 0) is 4.79 Å². The van der Waals surface area contributed by atoms with Crippen LogP contribution >= 0.6 is 38.5 Å². The van der Waals surface area contributed by atoms with Gasteiger partial charge in [-0.25, -0.2) is 0 Å². The summed E-state index contributed by atoms with van der Waals surface area (Å²) in [7, 11) is 0. The van der Waals surface area contributed by atoms with Gasteiger partial charge in [0.05, 0.1) is 0 Å². The third kappa shape index (κ3) is 7.80. The molecule has 0 atom stereocenters. The lowest BCUT2D eigenvalue weighted by molar-refractivity contribution is -0.104. The first-order valence-corrected chi connectivity index (χ1v) is 4.58. The highest BCUT2D eigenvalue weighted by Gasteiger charge is 1.81. The van der Waals surface area contributed by atoms with Crippen LogP contribution < -0.4 is 0 Å². The van der Waals surface area contributed by atoms with E-state index in [2.05, 4.69) is 15.9 Å². The molecule has 0 aliphatic heterocycles. The average molecular weight is 329 g/mol. The molecule has 0 unspecified atom stereocenters. The van der Waals surface area contributed by atoms with Crippen LogP contribution in [0.25, 0.3) is 0 Å². The van der Waals surface area contributed by atoms with Crippen LogP contribution in [0.3, 0.4) is 0 Å². The number of halogens is 2. The fourth-order valence-corrected chi connectivity index (χ4v) is 0.800. The van der Waals surface area contributed by atoms with Gasteiger partial charge in [-0.2, -0.15) is 0 Å². The Kier molecular flexibility index (Phi) is 6.54. The number of aliphatic hydroxyl groups is 1. The zero-order valence-corrected chi connectivity index (χ0v) is 9.24. The number of allylic oxidation sites excluding steroid dienone is 5. The number of carbonyl (C=O) groups is 1. The second-order valence-electron chi connectivity index (χ2n) is 1.54. The van der Waals surface area contributed by atoms with Gasteiger partial charge in [0.1, 0.15) is 6.29 Å². The molecule has 4 heteroatoms. The molecule has 0 saturated carbocycles. The molecular formula is C7H6BrIO2. The van der Waals surface area contributed by atoms with E-state index in [1.54, 1.807) is 34.7 Å². The van der Waals surface area contributed by atoms with Crippen LogP contribution in [0.15, 0.2) is 32.6 Å². The zero-order valence-electron chi connectivity index (χ0n) is 5.50. The maximum Gasteiger partial charge on any atom is 0.153 e. The molecule has 60 valence electrons. The largest absolute Gasteiger partial charge is 0.502 e. The third-order valence-electron chi connectivity index (χ3n) is 0.714. The first-order chi connectivity index (χ1) is 5.16. The number of aliphatic hydroxyl groups excluding tert-OH is 1. The standard InChI is InChI=1S/C7H6BrIO2/c8-6(2-1-5-10)3-4-7(9)11/h1-5,11H/b2-1+,6-3+,7-4+. The molecule has 0 radical (unpaired) electrons. The highest BCUT2D eigenvalue weighted by atomic mass is 127. The molecule has 0 heterocycles. The minimum absolute atomic E-state index is 0.194. The molecule has 0 rings (SSSR count). The van der Waals surface area contributed by atoms with Crippen molar-refractivity contribution in [1.29, 1.82) is 0 Å². The number of hydrogen-bond donors (Lipinski definition) is 1. The van der Waals surface area contributed by atoms with Gasteiger partial charge in [0.25, 0.3) is 0 Å². The van der Waals surface area contributed by atoms with Gasteiger partial charge in [-0.1, -0.05) is 15.9 Å². The summed E-state index contributed by atoms with van der Waals surface area (Å²) in [5.41, 5.74) is 0. The Bertz CT molecular complexity index is 214. The lowest BCUT2D eigenvalue weighted by Crippen LogP contribution is -1.65. The van der Waals surface area contributed by atoms with Crippen LogP contribution in [0, 0.1) is 0 Å². The molecule has 0 aromatic rings. The van der Waals surface area contributed by atoms with Crippen molar-refractivity contribution < 1.29 is 9.90 Å². The lowest BCUT2D eigenvalue weighted by atomic mass is 10.4. The van der Waals surface area contributed by atoms with Crippen molar-refractivity contribution in [1.82, 2.24) is 0 Å². The fraction of sp³-hybridized carbons (Fsp3) is 0. The lowest BCUT2D eigenvalue weighted by Gasteiger charge is -1.83. The summed E-state index contributed by atoms with van der Waals surface area (Å²) in [5, 5.41) is 8.72. The number of carbonyl (C=O) groups excluding carboxylic acids is 1. The first-order valence-electron chi connectivity index (χ1n) is 2.70. The summed E-state index contributed by atoms with van der Waals surface area (Å²) in [4.78, 5) is 9.85. The highest BCUT2D eigenvalue weighted by Crippen LogP contribution is 2.08. The summed E-state index contributed by atoms with van der Waals surface area (Å²) in [6, 6.07) is 0. The third-order valence-corrected chi connectivity index (χ3v) is 1.60. The molecular weight excluding hydrogens is 323 g/mol. The normalized spacial score (nSPS) is 14.0. The topological polar surface area (TPSA) is 37.3 Å². The van der Waals surface area contributed by atoms with E-state index in [-0.39, 0.29) is 3.77 Å². The molecule has 0 spiro atoms. The van der Waals surface area contributed by atoms with Gasteiger partial charge in [0.2, 0.25) is 0 Å². The molecule has 11 heavy (non-hydrogen) atoms.